The van der Waals surface area contributed by atoms with Crippen LogP contribution in [0.15, 0.2) is 315 Å². The van der Waals surface area contributed by atoms with Crippen LogP contribution in [0.1, 0.15) is 69.5 Å². The molecule has 0 aliphatic heterocycles. The van der Waals surface area contributed by atoms with Crippen LogP contribution in [0.3, 0.4) is 0 Å². The first kappa shape index (κ1) is 49.1. The Kier molecular flexibility index (Phi) is 10.8. The third-order valence-electron chi connectivity index (χ3n) is 19.3. The first-order chi connectivity index (χ1) is 42.0. The van der Waals surface area contributed by atoms with Gasteiger partial charge in [-0.05, 0) is 161 Å². The van der Waals surface area contributed by atoms with Gasteiger partial charge in [-0.3, -0.25) is 0 Å². The van der Waals surface area contributed by atoms with E-state index >= 15 is 0 Å². The third kappa shape index (κ3) is 6.88. The van der Waals surface area contributed by atoms with Gasteiger partial charge >= 0.3 is 0 Å². The van der Waals surface area contributed by atoms with Crippen LogP contribution in [-0.4, -0.2) is 0 Å². The highest BCUT2D eigenvalue weighted by molar-refractivity contribution is 6.01. The summed E-state index contributed by atoms with van der Waals surface area (Å²) >= 11 is 0. The Balaban J connectivity index is 0.910. The molecule has 2 nitrogen and oxygen atoms in total. The topological polar surface area (TPSA) is 6.48 Å². The van der Waals surface area contributed by atoms with Crippen LogP contribution in [0.2, 0.25) is 0 Å². The highest BCUT2D eigenvalue weighted by atomic mass is 15.2. The highest BCUT2D eigenvalue weighted by Gasteiger charge is 2.53. The van der Waals surface area contributed by atoms with E-state index in [9.17, 15) is 0 Å². The molecule has 0 heterocycles. The fraction of sp³-hybridized carbons (Fsp3) is 0.0602. The van der Waals surface area contributed by atoms with Crippen LogP contribution >= 0.6 is 0 Å². The van der Waals surface area contributed by atoms with E-state index in [0.29, 0.717) is 0 Å². The summed E-state index contributed by atoms with van der Waals surface area (Å²) in [6, 6.07) is 119. The van der Waals surface area contributed by atoms with Crippen molar-refractivity contribution in [3.63, 3.8) is 0 Å². The van der Waals surface area contributed by atoms with Gasteiger partial charge < -0.3 is 9.80 Å². The van der Waals surface area contributed by atoms with Crippen molar-refractivity contribution < 1.29 is 0 Å². The molecule has 0 saturated carbocycles. The first-order valence-corrected chi connectivity index (χ1v) is 29.8. The van der Waals surface area contributed by atoms with Gasteiger partial charge in [0.1, 0.15) is 0 Å². The zero-order valence-electron chi connectivity index (χ0n) is 47.4. The van der Waals surface area contributed by atoms with E-state index < -0.39 is 10.8 Å². The lowest BCUT2D eigenvalue weighted by atomic mass is 9.68. The summed E-state index contributed by atoms with van der Waals surface area (Å²) in [5, 5.41) is 0. The molecule has 1 spiro atoms. The molecule has 0 amide bonds. The molecule has 13 aromatic rings. The van der Waals surface area contributed by atoms with E-state index in [1.807, 2.05) is 0 Å². The van der Waals surface area contributed by atoms with E-state index in [0.717, 1.165) is 34.1 Å². The number of nitrogens with zero attached hydrogens (tertiary/aromatic N) is 2. The number of benzene rings is 13. The van der Waals surface area contributed by atoms with Crippen LogP contribution in [0.5, 0.6) is 0 Å². The van der Waals surface area contributed by atoms with Gasteiger partial charge in [0.15, 0.2) is 0 Å². The smallest absolute Gasteiger partial charge is 0.0727 e. The summed E-state index contributed by atoms with van der Waals surface area (Å²) in [6.45, 7) is 4.77. The molecule has 4 aliphatic rings. The molecule has 0 bridgehead atoms. The van der Waals surface area contributed by atoms with Gasteiger partial charge in [0, 0.05) is 39.3 Å². The number of anilines is 6. The van der Waals surface area contributed by atoms with Crippen molar-refractivity contribution in [1.82, 2.24) is 0 Å². The summed E-state index contributed by atoms with van der Waals surface area (Å²) in [6.07, 6.45) is 0. The van der Waals surface area contributed by atoms with Crippen molar-refractivity contribution in [1.29, 1.82) is 0 Å². The predicted molar refractivity (Wildman–Crippen MR) is 352 cm³/mol. The molecule has 17 rings (SSSR count). The minimum absolute atomic E-state index is 0.186. The van der Waals surface area contributed by atoms with Gasteiger partial charge in [-0.1, -0.05) is 269 Å². The first-order valence-electron chi connectivity index (χ1n) is 29.8. The third-order valence-corrected chi connectivity index (χ3v) is 19.3. The lowest BCUT2D eigenvalue weighted by molar-refractivity contribution is 0.660. The van der Waals surface area contributed by atoms with Gasteiger partial charge in [-0.25, -0.2) is 0 Å². The monoisotopic (exact) mass is 1080 g/mol. The van der Waals surface area contributed by atoms with E-state index in [4.69, 9.17) is 0 Å². The van der Waals surface area contributed by atoms with Crippen LogP contribution < -0.4 is 9.80 Å². The lowest BCUT2D eigenvalue weighted by Crippen LogP contribution is -2.28. The maximum Gasteiger partial charge on any atom is 0.0727 e. The minimum atomic E-state index is -0.667. The molecule has 400 valence electrons. The number of rotatable bonds is 9. The minimum Gasteiger partial charge on any atom is -0.310 e. The molecule has 85 heavy (non-hydrogen) atoms. The largest absolute Gasteiger partial charge is 0.310 e. The molecule has 0 N–H and O–H groups in total. The average molecular weight is 1080 g/mol. The van der Waals surface area contributed by atoms with Crippen LogP contribution in [-0.2, 0) is 16.2 Å². The molecule has 0 aromatic heterocycles. The fourth-order valence-corrected chi connectivity index (χ4v) is 15.8. The molecule has 1 unspecified atom stereocenters. The van der Waals surface area contributed by atoms with Gasteiger partial charge in [-0.15, -0.1) is 0 Å². The zero-order chi connectivity index (χ0) is 56.4. The van der Waals surface area contributed by atoms with Crippen molar-refractivity contribution in [2.75, 3.05) is 9.80 Å². The van der Waals surface area contributed by atoms with Crippen molar-refractivity contribution in [3.05, 3.63) is 371 Å². The second-order valence-corrected chi connectivity index (χ2v) is 23.8. The van der Waals surface area contributed by atoms with Crippen molar-refractivity contribution in [3.8, 4) is 55.6 Å². The van der Waals surface area contributed by atoms with Gasteiger partial charge in [0.25, 0.3) is 0 Å². The summed E-state index contributed by atoms with van der Waals surface area (Å²) in [7, 11) is 0. The molecule has 0 fully saturated rings. The highest BCUT2D eigenvalue weighted by Crippen LogP contribution is 2.65. The van der Waals surface area contributed by atoms with Crippen LogP contribution in [0.4, 0.5) is 34.1 Å². The van der Waals surface area contributed by atoms with Gasteiger partial charge in [-0.2, -0.15) is 0 Å². The fourth-order valence-electron chi connectivity index (χ4n) is 15.8. The van der Waals surface area contributed by atoms with E-state index in [-0.39, 0.29) is 5.41 Å². The number of para-hydroxylation sites is 2. The lowest BCUT2D eigenvalue weighted by Gasteiger charge is -2.35. The second-order valence-electron chi connectivity index (χ2n) is 23.8. The molecule has 13 aromatic carbocycles. The SMILES string of the molecule is CC1(C)c2ccccc2-c2ccc(N(c3ccc4c(c3)C3(c5ccccc5-4)c4ccccc4-c4ccc(N(c5ccccc5)c5cccc6c5-c5ccccc5C6(c5ccccc5)c5ccccc5)cc43)c3ccccc3-c3ccccc3)cc21. The Bertz CT molecular complexity index is 4760. The second kappa shape index (κ2) is 18.7. The number of hydrogen-bond donors (Lipinski definition) is 0. The van der Waals surface area contributed by atoms with Crippen LogP contribution in [0, 0.1) is 0 Å². The van der Waals surface area contributed by atoms with Crippen molar-refractivity contribution in [2.45, 2.75) is 30.1 Å². The Labute approximate surface area is 497 Å². The molecule has 4 aliphatic carbocycles. The van der Waals surface area contributed by atoms with E-state index in [1.165, 1.54) is 111 Å². The summed E-state index contributed by atoms with van der Waals surface area (Å²) in [5.74, 6) is 0. The van der Waals surface area contributed by atoms with Crippen LogP contribution in [0.25, 0.3) is 55.6 Å². The Morgan fingerprint density at radius 1 is 0.224 bits per heavy atom. The molecular weight excluding hydrogens is 1020 g/mol. The molecular formula is C83H58N2. The summed E-state index contributed by atoms with van der Waals surface area (Å²) in [5.41, 5.74) is 30.7. The zero-order valence-corrected chi connectivity index (χ0v) is 47.4. The molecule has 1 atom stereocenters. The normalized spacial score (nSPS) is 15.4. The Hall–Kier alpha value is -10.5. The quantitative estimate of drug-likeness (QED) is 0.142. The molecule has 0 radical (unpaired) electrons. The average Bonchev–Trinajstić information content (AvgIpc) is 1.57. The number of hydrogen-bond acceptors (Lipinski definition) is 2. The van der Waals surface area contributed by atoms with Crippen molar-refractivity contribution in [2.24, 2.45) is 0 Å². The van der Waals surface area contributed by atoms with Crippen molar-refractivity contribution >= 4 is 34.1 Å². The maximum absolute atomic E-state index is 2.55. The predicted octanol–water partition coefficient (Wildman–Crippen LogP) is 21.3. The Morgan fingerprint density at radius 3 is 1.14 bits per heavy atom. The maximum atomic E-state index is 2.55. The summed E-state index contributed by atoms with van der Waals surface area (Å²) in [4.78, 5) is 5.07. The number of fused-ring (bicyclic) bond motifs is 16. The van der Waals surface area contributed by atoms with E-state index in [1.54, 1.807) is 0 Å². The van der Waals surface area contributed by atoms with Gasteiger partial charge in [0.2, 0.25) is 0 Å². The van der Waals surface area contributed by atoms with Gasteiger partial charge in [0.05, 0.1) is 22.2 Å². The summed E-state index contributed by atoms with van der Waals surface area (Å²) < 4.78 is 0. The standard InChI is InChI=1S/C83H58N2/c1-81(2)70-39-20-15-35-63(70)66-49-46-59(52-75(66)81)85(78-44-24-19-34-62(78)55-26-7-3-8-27-55)61-48-51-68-65-37-17-22-41-72(65)83(77(68)54-61)71-40-21-16-36-64(71)67-50-47-60(53-76(67)83)84(58-32-13-6-14-33-58)79-45-25-43-74-80(79)69-38-18-23-42-73(69)82(74,56-28-9-4-10-29-56)57-30-11-5-12-31-57/h3-54H,1-2H3. The Morgan fingerprint density at radius 2 is 0.588 bits per heavy atom. The molecule has 0 saturated heterocycles. The molecule has 2 heteroatoms. The van der Waals surface area contributed by atoms with E-state index in [2.05, 4.69) is 339 Å².